The number of hydrogen-bond acceptors (Lipinski definition) is 2. The maximum atomic E-state index is 9.75. The fourth-order valence-corrected chi connectivity index (χ4v) is 3.07. The third kappa shape index (κ3) is 1.26. The molecular formula is C12H12OS. The second-order valence-corrected chi connectivity index (χ2v) is 4.52. The quantitative estimate of drug-likeness (QED) is 0.743. The van der Waals surface area contributed by atoms with Gasteiger partial charge in [0.1, 0.15) is 5.75 Å². The van der Waals surface area contributed by atoms with Gasteiger partial charge in [0.25, 0.3) is 0 Å². The van der Waals surface area contributed by atoms with E-state index in [4.69, 9.17) is 0 Å². The van der Waals surface area contributed by atoms with Crippen LogP contribution in [0.5, 0.6) is 5.75 Å². The molecule has 1 aliphatic heterocycles. The Balaban J connectivity index is 2.58. The van der Waals surface area contributed by atoms with E-state index in [1.54, 1.807) is 17.8 Å². The second kappa shape index (κ2) is 3.54. The Morgan fingerprint density at radius 2 is 1.93 bits per heavy atom. The molecule has 2 unspecified atom stereocenters. The van der Waals surface area contributed by atoms with Gasteiger partial charge in [-0.25, -0.2) is 0 Å². The number of phenols is 1. The molecule has 0 aromatic heterocycles. The molecule has 14 heavy (non-hydrogen) atoms. The summed E-state index contributed by atoms with van der Waals surface area (Å²) in [6.45, 7) is 7.59. The topological polar surface area (TPSA) is 20.2 Å². The highest BCUT2D eigenvalue weighted by Gasteiger charge is 2.29. The van der Waals surface area contributed by atoms with Crippen LogP contribution >= 0.6 is 11.8 Å². The maximum Gasteiger partial charge on any atom is 0.120 e. The summed E-state index contributed by atoms with van der Waals surface area (Å²) >= 11 is 1.76. The molecule has 1 aromatic carbocycles. The molecule has 2 rings (SSSR count). The van der Waals surface area contributed by atoms with E-state index < -0.39 is 0 Å². The van der Waals surface area contributed by atoms with E-state index in [9.17, 15) is 5.11 Å². The molecule has 0 amide bonds. The lowest BCUT2D eigenvalue weighted by atomic mass is 10.0. The van der Waals surface area contributed by atoms with Gasteiger partial charge in [0.2, 0.25) is 0 Å². The SMILES string of the molecule is C=CC1SC(C=C)c2c(O)cccc21. The maximum absolute atomic E-state index is 9.75. The minimum Gasteiger partial charge on any atom is -0.508 e. The van der Waals surface area contributed by atoms with E-state index in [0.717, 1.165) is 11.1 Å². The summed E-state index contributed by atoms with van der Waals surface area (Å²) in [6.07, 6.45) is 3.78. The van der Waals surface area contributed by atoms with Crippen molar-refractivity contribution in [3.63, 3.8) is 0 Å². The van der Waals surface area contributed by atoms with Crippen LogP contribution in [0.15, 0.2) is 43.5 Å². The summed E-state index contributed by atoms with van der Waals surface area (Å²) < 4.78 is 0. The minimum absolute atomic E-state index is 0.189. The van der Waals surface area contributed by atoms with Gasteiger partial charge in [0.15, 0.2) is 0 Å². The second-order valence-electron chi connectivity index (χ2n) is 3.23. The molecule has 0 spiro atoms. The summed E-state index contributed by atoms with van der Waals surface area (Å²) in [7, 11) is 0. The number of benzene rings is 1. The highest BCUT2D eigenvalue weighted by molar-refractivity contribution is 8.00. The summed E-state index contributed by atoms with van der Waals surface area (Å²) in [4.78, 5) is 0. The predicted molar refractivity (Wildman–Crippen MR) is 61.6 cm³/mol. The van der Waals surface area contributed by atoms with Crippen LogP contribution in [-0.4, -0.2) is 5.11 Å². The molecule has 72 valence electrons. The zero-order chi connectivity index (χ0) is 10.1. The van der Waals surface area contributed by atoms with Gasteiger partial charge >= 0.3 is 0 Å². The number of hydrogen-bond donors (Lipinski definition) is 1. The summed E-state index contributed by atoms with van der Waals surface area (Å²) in [5.74, 6) is 0.365. The lowest BCUT2D eigenvalue weighted by molar-refractivity contribution is 0.469. The molecule has 2 atom stereocenters. The average molecular weight is 204 g/mol. The average Bonchev–Trinajstić information content (AvgIpc) is 2.57. The van der Waals surface area contributed by atoms with E-state index >= 15 is 0 Å². The van der Waals surface area contributed by atoms with E-state index in [1.165, 1.54) is 0 Å². The molecule has 0 saturated carbocycles. The van der Waals surface area contributed by atoms with Crippen molar-refractivity contribution in [2.75, 3.05) is 0 Å². The van der Waals surface area contributed by atoms with Crippen molar-refractivity contribution >= 4 is 11.8 Å². The number of aromatic hydroxyl groups is 1. The number of fused-ring (bicyclic) bond motifs is 1. The third-order valence-electron chi connectivity index (χ3n) is 2.43. The van der Waals surface area contributed by atoms with Crippen LogP contribution in [-0.2, 0) is 0 Å². The first kappa shape index (κ1) is 9.41. The minimum atomic E-state index is 0.189. The molecular weight excluding hydrogens is 192 g/mol. The van der Waals surface area contributed by atoms with Gasteiger partial charge < -0.3 is 5.11 Å². The Hall–Kier alpha value is -1.15. The number of rotatable bonds is 2. The Bertz CT molecular complexity index is 384. The molecule has 0 bridgehead atoms. The first-order valence-electron chi connectivity index (χ1n) is 4.50. The summed E-state index contributed by atoms with van der Waals surface area (Å²) in [5.41, 5.74) is 2.16. The van der Waals surface area contributed by atoms with Crippen LogP contribution in [0.3, 0.4) is 0 Å². The Kier molecular flexibility index (Phi) is 2.38. The molecule has 1 aromatic rings. The standard InChI is InChI=1S/C12H12OS/c1-3-10-8-6-5-7-9(13)12(8)11(4-2)14-10/h3-7,10-11,13H,1-2H2. The van der Waals surface area contributed by atoms with Gasteiger partial charge in [-0.2, -0.15) is 0 Å². The van der Waals surface area contributed by atoms with Crippen molar-refractivity contribution in [1.82, 2.24) is 0 Å². The monoisotopic (exact) mass is 204 g/mol. The van der Waals surface area contributed by atoms with E-state index in [2.05, 4.69) is 13.2 Å². The van der Waals surface area contributed by atoms with Crippen molar-refractivity contribution in [2.24, 2.45) is 0 Å². The van der Waals surface area contributed by atoms with Crippen molar-refractivity contribution in [3.05, 3.63) is 54.6 Å². The molecule has 0 fully saturated rings. The van der Waals surface area contributed by atoms with Crippen LogP contribution in [0, 0.1) is 0 Å². The highest BCUT2D eigenvalue weighted by Crippen LogP contribution is 2.54. The molecule has 0 saturated heterocycles. The smallest absolute Gasteiger partial charge is 0.120 e. The lowest BCUT2D eigenvalue weighted by Gasteiger charge is -2.05. The predicted octanol–water partition coefficient (Wildman–Crippen LogP) is 3.59. The Morgan fingerprint density at radius 1 is 1.21 bits per heavy atom. The van der Waals surface area contributed by atoms with Crippen molar-refractivity contribution in [2.45, 2.75) is 10.5 Å². The summed E-state index contributed by atoms with van der Waals surface area (Å²) in [5, 5.41) is 10.2. The van der Waals surface area contributed by atoms with Gasteiger partial charge in [0.05, 0.1) is 5.25 Å². The molecule has 1 nitrogen and oxygen atoms in total. The zero-order valence-corrected chi connectivity index (χ0v) is 8.63. The first-order valence-corrected chi connectivity index (χ1v) is 5.44. The van der Waals surface area contributed by atoms with Gasteiger partial charge in [0, 0.05) is 10.8 Å². The van der Waals surface area contributed by atoms with Crippen LogP contribution in [0.2, 0.25) is 0 Å². The van der Waals surface area contributed by atoms with Crippen molar-refractivity contribution in [1.29, 1.82) is 0 Å². The molecule has 1 aliphatic rings. The zero-order valence-electron chi connectivity index (χ0n) is 7.81. The largest absolute Gasteiger partial charge is 0.508 e. The van der Waals surface area contributed by atoms with E-state index in [-0.39, 0.29) is 10.5 Å². The fraction of sp³-hybridized carbons (Fsp3) is 0.167. The fourth-order valence-electron chi connectivity index (χ4n) is 1.78. The third-order valence-corrected chi connectivity index (χ3v) is 3.89. The molecule has 1 heterocycles. The molecule has 1 N–H and O–H groups in total. The number of thioether (sulfide) groups is 1. The van der Waals surface area contributed by atoms with Gasteiger partial charge in [-0.15, -0.1) is 24.9 Å². The lowest BCUT2D eigenvalue weighted by Crippen LogP contribution is -1.87. The number of phenolic OH excluding ortho intramolecular Hbond substituents is 1. The van der Waals surface area contributed by atoms with Gasteiger partial charge in [-0.05, 0) is 11.6 Å². The van der Waals surface area contributed by atoms with Crippen molar-refractivity contribution in [3.8, 4) is 5.75 Å². The first-order chi connectivity index (χ1) is 6.77. The van der Waals surface area contributed by atoms with Crippen LogP contribution < -0.4 is 0 Å². The van der Waals surface area contributed by atoms with Crippen LogP contribution in [0.4, 0.5) is 0 Å². The normalized spacial score (nSPS) is 24.3. The van der Waals surface area contributed by atoms with Gasteiger partial charge in [-0.3, -0.25) is 0 Å². The van der Waals surface area contributed by atoms with Crippen LogP contribution in [0.25, 0.3) is 0 Å². The van der Waals surface area contributed by atoms with Crippen LogP contribution in [0.1, 0.15) is 21.6 Å². The Morgan fingerprint density at radius 3 is 2.57 bits per heavy atom. The van der Waals surface area contributed by atoms with Gasteiger partial charge in [-0.1, -0.05) is 24.3 Å². The molecule has 0 aliphatic carbocycles. The molecule has 0 radical (unpaired) electrons. The Labute approximate surface area is 88.2 Å². The van der Waals surface area contributed by atoms with Crippen molar-refractivity contribution < 1.29 is 5.11 Å². The van der Waals surface area contributed by atoms with E-state index in [1.807, 2.05) is 24.3 Å². The van der Waals surface area contributed by atoms with E-state index in [0.29, 0.717) is 5.75 Å². The summed E-state index contributed by atoms with van der Waals surface area (Å²) in [6, 6.07) is 5.63. The molecule has 2 heteroatoms. The highest BCUT2D eigenvalue weighted by atomic mass is 32.2.